The van der Waals surface area contributed by atoms with Crippen LogP contribution in [0.4, 0.5) is 0 Å². The van der Waals surface area contributed by atoms with Crippen LogP contribution in [0, 0.1) is 5.41 Å². The number of amides is 1. The van der Waals surface area contributed by atoms with Crippen LogP contribution in [0.15, 0.2) is 24.5 Å². The zero-order valence-corrected chi connectivity index (χ0v) is 13.6. The number of hydrogen-bond donors (Lipinski definition) is 0. The first-order valence-electron chi connectivity index (χ1n) is 7.54. The molecule has 1 aromatic rings. The molecule has 2 aliphatic heterocycles. The Morgan fingerprint density at radius 1 is 1.27 bits per heavy atom. The van der Waals surface area contributed by atoms with Crippen LogP contribution in [0.5, 0.6) is 0 Å². The molecule has 1 aromatic heterocycles. The highest BCUT2D eigenvalue weighted by molar-refractivity contribution is 7.88. The molecule has 0 radical (unpaired) electrons. The summed E-state index contributed by atoms with van der Waals surface area (Å²) in [5.74, 6) is -0.00928. The Bertz CT molecular complexity index is 662. The number of pyridine rings is 1. The van der Waals surface area contributed by atoms with Crippen LogP contribution in [0.2, 0.25) is 0 Å². The van der Waals surface area contributed by atoms with Crippen LogP contribution >= 0.6 is 0 Å². The molecular formula is C15H21N3O3S. The van der Waals surface area contributed by atoms with E-state index in [1.165, 1.54) is 6.26 Å². The van der Waals surface area contributed by atoms with Crippen molar-refractivity contribution in [1.82, 2.24) is 14.2 Å². The van der Waals surface area contributed by atoms with Crippen molar-refractivity contribution in [1.29, 1.82) is 0 Å². The van der Waals surface area contributed by atoms with Crippen LogP contribution in [0.1, 0.15) is 29.6 Å². The van der Waals surface area contributed by atoms with Gasteiger partial charge in [-0.15, -0.1) is 0 Å². The van der Waals surface area contributed by atoms with E-state index in [2.05, 4.69) is 4.98 Å². The van der Waals surface area contributed by atoms with Gasteiger partial charge in [-0.05, 0) is 31.4 Å². The monoisotopic (exact) mass is 323 g/mol. The number of hydrogen-bond acceptors (Lipinski definition) is 4. The third kappa shape index (κ3) is 3.01. The SMILES string of the molecule is CS(=O)(=O)N1CC[C@]2(CCCN(C(=O)c3cccnc3)C2)C1. The molecule has 2 fully saturated rings. The minimum Gasteiger partial charge on any atom is -0.338 e. The molecule has 2 saturated heterocycles. The van der Waals surface area contributed by atoms with Crippen molar-refractivity contribution < 1.29 is 13.2 Å². The average molecular weight is 323 g/mol. The number of likely N-dealkylation sites (tertiary alicyclic amines) is 1. The lowest BCUT2D eigenvalue weighted by Crippen LogP contribution is -2.47. The van der Waals surface area contributed by atoms with E-state index in [0.29, 0.717) is 25.2 Å². The summed E-state index contributed by atoms with van der Waals surface area (Å²) in [4.78, 5) is 18.4. The van der Waals surface area contributed by atoms with Crippen LogP contribution in [-0.2, 0) is 10.0 Å². The lowest BCUT2D eigenvalue weighted by Gasteiger charge is -2.40. The second-order valence-corrected chi connectivity index (χ2v) is 8.40. The first-order valence-corrected chi connectivity index (χ1v) is 9.39. The van der Waals surface area contributed by atoms with Gasteiger partial charge in [0.1, 0.15) is 0 Å². The predicted molar refractivity (Wildman–Crippen MR) is 82.8 cm³/mol. The quantitative estimate of drug-likeness (QED) is 0.813. The van der Waals surface area contributed by atoms with Gasteiger partial charge in [-0.1, -0.05) is 0 Å². The van der Waals surface area contributed by atoms with Crippen molar-refractivity contribution in [2.75, 3.05) is 32.4 Å². The summed E-state index contributed by atoms with van der Waals surface area (Å²) in [6.45, 7) is 2.46. The second-order valence-electron chi connectivity index (χ2n) is 6.42. The summed E-state index contributed by atoms with van der Waals surface area (Å²) in [5, 5.41) is 0. The van der Waals surface area contributed by atoms with E-state index in [1.807, 2.05) is 4.90 Å². The molecule has 0 saturated carbocycles. The zero-order chi connectivity index (χ0) is 15.8. The molecule has 120 valence electrons. The van der Waals surface area contributed by atoms with E-state index in [0.717, 1.165) is 25.8 Å². The van der Waals surface area contributed by atoms with Crippen molar-refractivity contribution >= 4 is 15.9 Å². The van der Waals surface area contributed by atoms with Gasteiger partial charge >= 0.3 is 0 Å². The number of aromatic nitrogens is 1. The third-order valence-electron chi connectivity index (χ3n) is 4.73. The molecular weight excluding hydrogens is 302 g/mol. The van der Waals surface area contributed by atoms with E-state index in [1.54, 1.807) is 28.8 Å². The number of piperidine rings is 1. The van der Waals surface area contributed by atoms with Gasteiger partial charge < -0.3 is 4.90 Å². The van der Waals surface area contributed by atoms with Crippen molar-refractivity contribution in [3.05, 3.63) is 30.1 Å². The summed E-state index contributed by atoms with van der Waals surface area (Å²) in [5.41, 5.74) is 0.511. The molecule has 2 aliphatic rings. The fourth-order valence-electron chi connectivity index (χ4n) is 3.56. The Balaban J connectivity index is 1.74. The summed E-state index contributed by atoms with van der Waals surface area (Å²) < 4.78 is 25.0. The summed E-state index contributed by atoms with van der Waals surface area (Å²) in [6, 6.07) is 3.53. The molecule has 0 unspecified atom stereocenters. The van der Waals surface area contributed by atoms with Crippen molar-refractivity contribution in [3.8, 4) is 0 Å². The predicted octanol–water partition coefficient (Wildman–Crippen LogP) is 0.969. The molecule has 0 N–H and O–H groups in total. The molecule has 1 atom stereocenters. The summed E-state index contributed by atoms with van der Waals surface area (Å²) >= 11 is 0. The molecule has 6 nitrogen and oxygen atoms in total. The molecule has 3 heterocycles. The van der Waals surface area contributed by atoms with Gasteiger partial charge in [-0.3, -0.25) is 9.78 Å². The molecule has 0 aromatic carbocycles. The second kappa shape index (κ2) is 5.62. The Morgan fingerprint density at radius 3 is 2.73 bits per heavy atom. The highest BCUT2D eigenvalue weighted by atomic mass is 32.2. The largest absolute Gasteiger partial charge is 0.338 e. The van der Waals surface area contributed by atoms with Gasteiger partial charge in [0.25, 0.3) is 5.91 Å². The first-order chi connectivity index (χ1) is 10.4. The number of carbonyl (C=O) groups is 1. The third-order valence-corrected chi connectivity index (χ3v) is 5.98. The lowest BCUT2D eigenvalue weighted by atomic mass is 9.79. The van der Waals surface area contributed by atoms with Gasteiger partial charge in [-0.25, -0.2) is 12.7 Å². The van der Waals surface area contributed by atoms with Crippen molar-refractivity contribution in [2.45, 2.75) is 19.3 Å². The summed E-state index contributed by atoms with van der Waals surface area (Å²) in [6.07, 6.45) is 7.22. The fourth-order valence-corrected chi connectivity index (χ4v) is 4.49. The molecule has 1 amide bonds. The smallest absolute Gasteiger partial charge is 0.255 e. The van der Waals surface area contributed by atoms with E-state index in [-0.39, 0.29) is 11.3 Å². The fraction of sp³-hybridized carbons (Fsp3) is 0.600. The maximum Gasteiger partial charge on any atom is 0.255 e. The molecule has 1 spiro atoms. The van der Waals surface area contributed by atoms with Gasteiger partial charge in [0.2, 0.25) is 10.0 Å². The first kappa shape index (κ1) is 15.4. The van der Waals surface area contributed by atoms with E-state index < -0.39 is 10.0 Å². The Hall–Kier alpha value is -1.47. The molecule has 3 rings (SSSR count). The minimum absolute atomic E-state index is 0.00928. The van der Waals surface area contributed by atoms with E-state index >= 15 is 0 Å². The van der Waals surface area contributed by atoms with E-state index in [9.17, 15) is 13.2 Å². The maximum atomic E-state index is 12.6. The Kier molecular flexibility index (Phi) is 3.94. The van der Waals surface area contributed by atoms with Crippen LogP contribution in [-0.4, -0.2) is 60.9 Å². The minimum atomic E-state index is -3.15. The molecule has 0 bridgehead atoms. The number of sulfonamides is 1. The number of nitrogens with zero attached hydrogens (tertiary/aromatic N) is 3. The van der Waals surface area contributed by atoms with Crippen LogP contribution in [0.3, 0.4) is 0 Å². The maximum absolute atomic E-state index is 12.6. The summed E-state index contributed by atoms with van der Waals surface area (Å²) in [7, 11) is -3.15. The van der Waals surface area contributed by atoms with Gasteiger partial charge in [0, 0.05) is 44.0 Å². The average Bonchev–Trinajstić information content (AvgIpc) is 2.91. The Morgan fingerprint density at radius 2 is 2.09 bits per heavy atom. The standard InChI is InChI=1S/C15H21N3O3S/c1-22(20,21)18-9-6-15(12-18)5-3-8-17(11-15)14(19)13-4-2-7-16-10-13/h2,4,7,10H,3,5-6,8-9,11-12H2,1H3/t15-/m0/s1. The highest BCUT2D eigenvalue weighted by Gasteiger charge is 2.44. The van der Waals surface area contributed by atoms with Crippen LogP contribution < -0.4 is 0 Å². The normalized spacial score (nSPS) is 26.5. The molecule has 22 heavy (non-hydrogen) atoms. The number of rotatable bonds is 2. The van der Waals surface area contributed by atoms with Crippen molar-refractivity contribution in [2.24, 2.45) is 5.41 Å². The molecule has 7 heteroatoms. The van der Waals surface area contributed by atoms with Gasteiger partial charge in [0.05, 0.1) is 11.8 Å². The van der Waals surface area contributed by atoms with Crippen molar-refractivity contribution in [3.63, 3.8) is 0 Å². The van der Waals surface area contributed by atoms with Crippen LogP contribution in [0.25, 0.3) is 0 Å². The lowest BCUT2D eigenvalue weighted by molar-refractivity contribution is 0.0543. The molecule has 0 aliphatic carbocycles. The zero-order valence-electron chi connectivity index (χ0n) is 12.7. The Labute approximate surface area is 131 Å². The number of carbonyl (C=O) groups excluding carboxylic acids is 1. The van der Waals surface area contributed by atoms with E-state index in [4.69, 9.17) is 0 Å². The van der Waals surface area contributed by atoms with Gasteiger partial charge in [-0.2, -0.15) is 0 Å². The topological polar surface area (TPSA) is 70.6 Å². The highest BCUT2D eigenvalue weighted by Crippen LogP contribution is 2.40. The van der Waals surface area contributed by atoms with Gasteiger partial charge in [0.15, 0.2) is 0 Å².